The molecule has 3 heterocycles. The Morgan fingerprint density at radius 2 is 0.719 bits per heavy atom. The summed E-state index contributed by atoms with van der Waals surface area (Å²) in [6.45, 7) is 2.14. The summed E-state index contributed by atoms with van der Waals surface area (Å²) in [6, 6.07) is 71.5. The molecule has 0 spiro atoms. The van der Waals surface area contributed by atoms with Gasteiger partial charge in [0.05, 0.1) is 33.5 Å². The number of benzene rings is 8. The van der Waals surface area contributed by atoms with Crippen LogP contribution in [-0.2, 0) is 0 Å². The number of nitrogens with zero attached hydrogens (tertiary/aromatic N) is 4. The molecule has 0 aliphatic heterocycles. The van der Waals surface area contributed by atoms with Gasteiger partial charge in [-0.05, 0) is 84.8 Å². The molecule has 57 heavy (non-hydrogen) atoms. The van der Waals surface area contributed by atoms with Gasteiger partial charge in [0.1, 0.15) is 0 Å². The third-order valence-electron chi connectivity index (χ3n) is 11.2. The Hall–Kier alpha value is -7.56. The van der Waals surface area contributed by atoms with Crippen LogP contribution in [0.5, 0.6) is 0 Å². The number of hydrogen-bond donors (Lipinski definition) is 0. The highest BCUT2D eigenvalue weighted by Gasteiger charge is 2.17. The highest BCUT2D eigenvalue weighted by molar-refractivity contribution is 6.12. The molecular weight excluding hydrogens is 693 g/mol. The molecular formula is C53H36N4. The average Bonchev–Trinajstić information content (AvgIpc) is 3.79. The zero-order chi connectivity index (χ0) is 37.9. The van der Waals surface area contributed by atoms with Crippen molar-refractivity contribution >= 4 is 43.6 Å². The molecule has 11 aromatic rings. The molecule has 0 aliphatic rings. The second kappa shape index (κ2) is 13.3. The van der Waals surface area contributed by atoms with Crippen molar-refractivity contribution in [1.29, 1.82) is 0 Å². The third-order valence-corrected chi connectivity index (χ3v) is 11.2. The Bertz CT molecular complexity index is 3210. The highest BCUT2D eigenvalue weighted by atomic mass is 15.0. The SMILES string of the molecule is Cc1ccc(-n2c3ccccc3c3cc(-c4ccc5c(c4)c4ccccc4n5-c4ccc(-c5cc(-c6ccccc6)nc(-c6ccccc6)n5)cc4)ccc32)cc1. The van der Waals surface area contributed by atoms with Gasteiger partial charge in [-0.25, -0.2) is 9.97 Å². The van der Waals surface area contributed by atoms with E-state index in [1.165, 1.54) is 66.0 Å². The number of hydrogen-bond acceptors (Lipinski definition) is 2. The molecule has 0 saturated carbocycles. The molecule has 0 aliphatic carbocycles. The summed E-state index contributed by atoms with van der Waals surface area (Å²) < 4.78 is 4.76. The van der Waals surface area contributed by atoms with E-state index >= 15 is 0 Å². The van der Waals surface area contributed by atoms with Crippen LogP contribution in [0.25, 0.3) is 100 Å². The van der Waals surface area contributed by atoms with Crippen LogP contribution in [0, 0.1) is 6.92 Å². The molecule has 0 N–H and O–H groups in total. The van der Waals surface area contributed by atoms with Gasteiger partial charge in [-0.1, -0.05) is 139 Å². The van der Waals surface area contributed by atoms with Crippen molar-refractivity contribution < 1.29 is 0 Å². The van der Waals surface area contributed by atoms with Gasteiger partial charge in [-0.3, -0.25) is 0 Å². The van der Waals surface area contributed by atoms with Gasteiger partial charge in [-0.15, -0.1) is 0 Å². The Labute approximate surface area is 330 Å². The predicted octanol–water partition coefficient (Wildman–Crippen LogP) is 13.6. The van der Waals surface area contributed by atoms with Crippen LogP contribution in [-0.4, -0.2) is 19.1 Å². The van der Waals surface area contributed by atoms with Crippen molar-refractivity contribution in [2.45, 2.75) is 6.92 Å². The second-order valence-electron chi connectivity index (χ2n) is 14.7. The molecule has 11 rings (SSSR count). The van der Waals surface area contributed by atoms with E-state index < -0.39 is 0 Å². The van der Waals surface area contributed by atoms with E-state index in [0.29, 0.717) is 5.82 Å². The predicted molar refractivity (Wildman–Crippen MR) is 237 cm³/mol. The van der Waals surface area contributed by atoms with E-state index in [1.807, 2.05) is 36.4 Å². The maximum atomic E-state index is 5.07. The summed E-state index contributed by atoms with van der Waals surface area (Å²) >= 11 is 0. The molecule has 4 heteroatoms. The third kappa shape index (κ3) is 5.61. The first-order valence-electron chi connectivity index (χ1n) is 19.4. The fraction of sp³-hybridized carbons (Fsp3) is 0.0189. The van der Waals surface area contributed by atoms with Gasteiger partial charge >= 0.3 is 0 Å². The van der Waals surface area contributed by atoms with Crippen molar-refractivity contribution in [2.75, 3.05) is 0 Å². The zero-order valence-corrected chi connectivity index (χ0v) is 31.3. The molecule has 8 aromatic carbocycles. The number of aromatic nitrogens is 4. The Morgan fingerprint density at radius 3 is 1.25 bits per heavy atom. The Kier molecular flexibility index (Phi) is 7.68. The van der Waals surface area contributed by atoms with Gasteiger partial charge in [0.2, 0.25) is 0 Å². The Balaban J connectivity index is 1.00. The quantitative estimate of drug-likeness (QED) is 0.171. The summed E-state index contributed by atoms with van der Waals surface area (Å²) in [5.74, 6) is 0.713. The van der Waals surface area contributed by atoms with Crippen LogP contribution in [0.1, 0.15) is 5.56 Å². The molecule has 0 saturated heterocycles. The maximum Gasteiger partial charge on any atom is 0.160 e. The van der Waals surface area contributed by atoms with Gasteiger partial charge in [0.25, 0.3) is 0 Å². The van der Waals surface area contributed by atoms with Crippen LogP contribution in [0.15, 0.2) is 200 Å². The molecule has 0 radical (unpaired) electrons. The van der Waals surface area contributed by atoms with E-state index in [9.17, 15) is 0 Å². The minimum Gasteiger partial charge on any atom is -0.309 e. The number of para-hydroxylation sites is 2. The van der Waals surface area contributed by atoms with Crippen molar-refractivity contribution in [1.82, 2.24) is 19.1 Å². The smallest absolute Gasteiger partial charge is 0.160 e. The molecule has 4 nitrogen and oxygen atoms in total. The van der Waals surface area contributed by atoms with E-state index in [1.54, 1.807) is 0 Å². The summed E-state index contributed by atoms with van der Waals surface area (Å²) in [4.78, 5) is 10.0. The fourth-order valence-electron chi connectivity index (χ4n) is 8.40. The fourth-order valence-corrected chi connectivity index (χ4v) is 8.40. The van der Waals surface area contributed by atoms with Gasteiger partial charge in [0.15, 0.2) is 5.82 Å². The van der Waals surface area contributed by atoms with E-state index in [-0.39, 0.29) is 0 Å². The van der Waals surface area contributed by atoms with Gasteiger partial charge in [0, 0.05) is 49.6 Å². The number of aryl methyl sites for hydroxylation is 1. The van der Waals surface area contributed by atoms with Crippen molar-refractivity contribution in [2.24, 2.45) is 0 Å². The monoisotopic (exact) mass is 728 g/mol. The topological polar surface area (TPSA) is 35.6 Å². The molecule has 0 atom stereocenters. The van der Waals surface area contributed by atoms with Crippen LogP contribution >= 0.6 is 0 Å². The summed E-state index contributed by atoms with van der Waals surface area (Å²) in [5.41, 5.74) is 15.6. The zero-order valence-electron chi connectivity index (χ0n) is 31.3. The standard InChI is InChI=1S/C53H36N4/c1-35-20-26-41(27-21-35)56-49-18-10-8-16-43(49)45-32-39(24-30-51(45)56)40-25-31-52-46(33-40)44-17-9-11-19-50(44)57(52)42-28-22-37(23-29-42)48-34-47(36-12-4-2-5-13-36)54-53(55-48)38-14-6-3-7-15-38/h2-34H,1H3. The first kappa shape index (κ1) is 32.8. The minimum atomic E-state index is 0.713. The lowest BCUT2D eigenvalue weighted by Crippen LogP contribution is -1.97. The van der Waals surface area contributed by atoms with Crippen LogP contribution < -0.4 is 0 Å². The number of fused-ring (bicyclic) bond motifs is 6. The molecule has 268 valence electrons. The normalized spacial score (nSPS) is 11.6. The van der Waals surface area contributed by atoms with Crippen molar-refractivity contribution in [3.63, 3.8) is 0 Å². The largest absolute Gasteiger partial charge is 0.309 e. The second-order valence-corrected chi connectivity index (χ2v) is 14.7. The van der Waals surface area contributed by atoms with E-state index in [4.69, 9.17) is 9.97 Å². The lowest BCUT2D eigenvalue weighted by Gasteiger charge is -2.12. The molecule has 3 aromatic heterocycles. The first-order chi connectivity index (χ1) is 28.2. The first-order valence-corrected chi connectivity index (χ1v) is 19.4. The van der Waals surface area contributed by atoms with Crippen LogP contribution in [0.4, 0.5) is 0 Å². The molecule has 0 fully saturated rings. The summed E-state index contributed by atoms with van der Waals surface area (Å²) in [5, 5.41) is 4.96. The number of rotatable bonds is 6. The van der Waals surface area contributed by atoms with E-state index in [2.05, 4.69) is 180 Å². The maximum absolute atomic E-state index is 5.07. The van der Waals surface area contributed by atoms with Crippen LogP contribution in [0.3, 0.4) is 0 Å². The minimum absolute atomic E-state index is 0.713. The summed E-state index contributed by atoms with van der Waals surface area (Å²) in [6.07, 6.45) is 0. The van der Waals surface area contributed by atoms with Gasteiger partial charge in [-0.2, -0.15) is 0 Å². The van der Waals surface area contributed by atoms with E-state index in [0.717, 1.165) is 33.8 Å². The lowest BCUT2D eigenvalue weighted by atomic mass is 10.0. The van der Waals surface area contributed by atoms with Crippen molar-refractivity contribution in [3.05, 3.63) is 206 Å². The summed E-state index contributed by atoms with van der Waals surface area (Å²) in [7, 11) is 0. The van der Waals surface area contributed by atoms with Crippen LogP contribution in [0.2, 0.25) is 0 Å². The lowest BCUT2D eigenvalue weighted by molar-refractivity contribution is 1.17. The van der Waals surface area contributed by atoms with Gasteiger partial charge < -0.3 is 9.13 Å². The highest BCUT2D eigenvalue weighted by Crippen LogP contribution is 2.39. The Morgan fingerprint density at radius 1 is 0.316 bits per heavy atom. The van der Waals surface area contributed by atoms with Crippen molar-refractivity contribution in [3.8, 4) is 56.4 Å². The molecule has 0 bridgehead atoms. The average molecular weight is 729 g/mol. The molecule has 0 unspecified atom stereocenters. The molecule has 0 amide bonds.